The van der Waals surface area contributed by atoms with Crippen LogP contribution in [0.25, 0.3) is 28.0 Å². The maximum atomic E-state index is 12.9. The number of ether oxygens (including phenoxy) is 1. The monoisotopic (exact) mass is 490 g/mol. The van der Waals surface area contributed by atoms with Gasteiger partial charge < -0.3 is 9.30 Å². The zero-order chi connectivity index (χ0) is 25.6. The van der Waals surface area contributed by atoms with Crippen LogP contribution in [0.4, 0.5) is 13.2 Å². The predicted molar refractivity (Wildman–Crippen MR) is 131 cm³/mol. The molecule has 36 heavy (non-hydrogen) atoms. The first-order valence-corrected chi connectivity index (χ1v) is 11.1. The van der Waals surface area contributed by atoms with E-state index < -0.39 is 11.7 Å². The normalized spacial score (nSPS) is 11.7. The lowest BCUT2D eigenvalue weighted by atomic mass is 10.0. The summed E-state index contributed by atoms with van der Waals surface area (Å²) in [5.74, 6) is 1.38. The highest BCUT2D eigenvalue weighted by molar-refractivity contribution is 5.94. The van der Waals surface area contributed by atoms with Crippen molar-refractivity contribution < 1.29 is 17.9 Å². The Bertz CT molecular complexity index is 1650. The first kappa shape index (κ1) is 23.3. The van der Waals surface area contributed by atoms with Crippen molar-refractivity contribution in [3.05, 3.63) is 100 Å². The molecule has 5 rings (SSSR count). The average molecular weight is 490 g/mol. The Morgan fingerprint density at radius 2 is 1.61 bits per heavy atom. The number of hydrogen-bond acceptors (Lipinski definition) is 4. The third-order valence-corrected chi connectivity index (χ3v) is 5.93. The van der Waals surface area contributed by atoms with Gasteiger partial charge in [0.2, 0.25) is 0 Å². The summed E-state index contributed by atoms with van der Waals surface area (Å²) in [6.45, 7) is 3.76. The second-order valence-electron chi connectivity index (χ2n) is 8.50. The summed E-state index contributed by atoms with van der Waals surface area (Å²) >= 11 is 0. The van der Waals surface area contributed by atoms with Gasteiger partial charge in [-0.1, -0.05) is 6.07 Å². The highest BCUT2D eigenvalue weighted by Crippen LogP contribution is 2.36. The zero-order valence-electron chi connectivity index (χ0n) is 19.7. The van der Waals surface area contributed by atoms with Gasteiger partial charge in [0, 0.05) is 37.3 Å². The summed E-state index contributed by atoms with van der Waals surface area (Å²) < 4.78 is 48.1. The van der Waals surface area contributed by atoms with E-state index in [1.807, 2.05) is 30.7 Å². The third kappa shape index (κ3) is 4.24. The maximum Gasteiger partial charge on any atom is 0.416 e. The highest BCUT2D eigenvalue weighted by Gasteiger charge is 2.30. The summed E-state index contributed by atoms with van der Waals surface area (Å²) in [5.41, 5.74) is 3.75. The average Bonchev–Trinajstić information content (AvgIpc) is 3.21. The Balaban J connectivity index is 1.63. The molecule has 0 saturated carbocycles. The van der Waals surface area contributed by atoms with Crippen molar-refractivity contribution >= 4 is 11.0 Å². The van der Waals surface area contributed by atoms with Crippen molar-refractivity contribution in [3.63, 3.8) is 0 Å². The van der Waals surface area contributed by atoms with E-state index in [2.05, 4.69) is 9.97 Å². The van der Waals surface area contributed by atoms with Gasteiger partial charge in [0.15, 0.2) is 5.82 Å². The molecule has 0 saturated heterocycles. The summed E-state index contributed by atoms with van der Waals surface area (Å²) in [6.07, 6.45) is 0.712. The molecule has 0 aliphatic rings. The minimum Gasteiger partial charge on any atom is -0.457 e. The van der Waals surface area contributed by atoms with E-state index in [-0.39, 0.29) is 11.3 Å². The second kappa shape index (κ2) is 8.67. The number of rotatable bonds is 4. The van der Waals surface area contributed by atoms with E-state index >= 15 is 0 Å². The van der Waals surface area contributed by atoms with Crippen LogP contribution in [0, 0.1) is 13.8 Å². The molecule has 0 aliphatic carbocycles. The molecule has 3 heterocycles. The molecule has 0 atom stereocenters. The first-order chi connectivity index (χ1) is 17.1. The molecule has 6 nitrogen and oxygen atoms in total. The molecule has 0 amide bonds. The van der Waals surface area contributed by atoms with Crippen LogP contribution < -0.4 is 10.3 Å². The summed E-state index contributed by atoms with van der Waals surface area (Å²) in [6, 6.07) is 13.4. The number of halogens is 3. The molecule has 3 aromatic heterocycles. The van der Waals surface area contributed by atoms with Gasteiger partial charge >= 0.3 is 6.18 Å². The molecule has 0 fully saturated rings. The molecular weight excluding hydrogens is 469 g/mol. The van der Waals surface area contributed by atoms with Crippen molar-refractivity contribution in [1.29, 1.82) is 0 Å². The lowest BCUT2D eigenvalue weighted by Gasteiger charge is -2.11. The predicted octanol–water partition coefficient (Wildman–Crippen LogP) is 6.21. The van der Waals surface area contributed by atoms with Crippen molar-refractivity contribution in [1.82, 2.24) is 19.1 Å². The zero-order valence-corrected chi connectivity index (χ0v) is 19.7. The molecule has 0 radical (unpaired) electrons. The Morgan fingerprint density at radius 3 is 2.31 bits per heavy atom. The van der Waals surface area contributed by atoms with Crippen molar-refractivity contribution in [3.8, 4) is 28.4 Å². The van der Waals surface area contributed by atoms with Gasteiger partial charge in [-0.2, -0.15) is 13.2 Å². The van der Waals surface area contributed by atoms with E-state index in [4.69, 9.17) is 4.74 Å². The molecular formula is C27H21F3N4O2. The molecule has 0 aliphatic heterocycles. The number of pyridine rings is 1. The number of aryl methyl sites for hydroxylation is 3. The summed E-state index contributed by atoms with van der Waals surface area (Å²) in [7, 11) is 1.71. The summed E-state index contributed by atoms with van der Waals surface area (Å²) in [5, 5.41) is 0. The van der Waals surface area contributed by atoms with Crippen LogP contribution in [-0.4, -0.2) is 19.1 Å². The minimum atomic E-state index is -4.42. The first-order valence-electron chi connectivity index (χ1n) is 11.1. The fourth-order valence-electron chi connectivity index (χ4n) is 4.23. The SMILES string of the molecule is Cc1cc(Oc2ccc(C(F)(F)F)cc2)cc(-c2cn(-c3nccnc3C)c3ccc(=O)n(C)c23)c1. The molecule has 0 bridgehead atoms. The Hall–Kier alpha value is -4.40. The van der Waals surface area contributed by atoms with Crippen LogP contribution in [0.3, 0.4) is 0 Å². The van der Waals surface area contributed by atoms with Gasteiger partial charge in [0.25, 0.3) is 5.56 Å². The van der Waals surface area contributed by atoms with Gasteiger partial charge in [0.05, 0.1) is 22.3 Å². The topological polar surface area (TPSA) is 61.9 Å². The van der Waals surface area contributed by atoms with Gasteiger partial charge in [-0.15, -0.1) is 0 Å². The lowest BCUT2D eigenvalue weighted by Crippen LogP contribution is -2.15. The minimum absolute atomic E-state index is 0.161. The van der Waals surface area contributed by atoms with Crippen LogP contribution >= 0.6 is 0 Å². The third-order valence-electron chi connectivity index (χ3n) is 5.93. The van der Waals surface area contributed by atoms with Gasteiger partial charge in [-0.05, 0) is 67.4 Å². The number of benzene rings is 2. The van der Waals surface area contributed by atoms with E-state index in [1.54, 1.807) is 42.2 Å². The van der Waals surface area contributed by atoms with Crippen molar-refractivity contribution in [2.45, 2.75) is 20.0 Å². The summed E-state index contributed by atoms with van der Waals surface area (Å²) in [4.78, 5) is 21.3. The van der Waals surface area contributed by atoms with Gasteiger partial charge in [-0.25, -0.2) is 4.98 Å². The molecule has 9 heteroatoms. The van der Waals surface area contributed by atoms with E-state index in [0.717, 1.165) is 40.0 Å². The smallest absolute Gasteiger partial charge is 0.416 e. The number of hydrogen-bond donors (Lipinski definition) is 0. The maximum absolute atomic E-state index is 12.9. The van der Waals surface area contributed by atoms with Crippen LogP contribution in [0.5, 0.6) is 11.5 Å². The number of aromatic nitrogens is 4. The molecule has 0 spiro atoms. The van der Waals surface area contributed by atoms with E-state index in [0.29, 0.717) is 17.1 Å². The van der Waals surface area contributed by atoms with Gasteiger partial charge in [0.1, 0.15) is 11.5 Å². The molecule has 0 N–H and O–H groups in total. The Kier molecular flexibility index (Phi) is 5.62. The molecule has 2 aromatic carbocycles. The fraction of sp³-hybridized carbons (Fsp3) is 0.148. The van der Waals surface area contributed by atoms with Crippen molar-refractivity contribution in [2.75, 3.05) is 0 Å². The number of fused-ring (bicyclic) bond motifs is 1. The number of nitrogens with zero attached hydrogens (tertiary/aromatic N) is 4. The van der Waals surface area contributed by atoms with Crippen LogP contribution in [0.2, 0.25) is 0 Å². The van der Waals surface area contributed by atoms with Crippen molar-refractivity contribution in [2.24, 2.45) is 7.05 Å². The standard InChI is InChI=1S/C27H21F3N4O2/c1-16-12-18(14-21(13-16)36-20-6-4-19(5-7-20)27(28,29)30)22-15-34(26-17(2)31-10-11-32-26)23-8-9-24(35)33(3)25(22)23/h4-15H,1-3H3. The quantitative estimate of drug-likeness (QED) is 0.300. The van der Waals surface area contributed by atoms with E-state index in [9.17, 15) is 18.0 Å². The molecule has 0 unspecified atom stereocenters. The molecule has 182 valence electrons. The molecule has 5 aromatic rings. The van der Waals surface area contributed by atoms with E-state index in [1.165, 1.54) is 18.2 Å². The Labute approximate surface area is 204 Å². The van der Waals surface area contributed by atoms with Gasteiger partial charge in [-0.3, -0.25) is 14.3 Å². The fourth-order valence-corrected chi connectivity index (χ4v) is 4.23. The van der Waals surface area contributed by atoms with Crippen LogP contribution in [-0.2, 0) is 13.2 Å². The lowest BCUT2D eigenvalue weighted by molar-refractivity contribution is -0.137. The Morgan fingerprint density at radius 1 is 0.889 bits per heavy atom. The van der Waals surface area contributed by atoms with Crippen LogP contribution in [0.15, 0.2) is 78.0 Å². The van der Waals surface area contributed by atoms with Crippen LogP contribution in [0.1, 0.15) is 16.8 Å². The highest BCUT2D eigenvalue weighted by atomic mass is 19.4. The largest absolute Gasteiger partial charge is 0.457 e. The number of alkyl halides is 3. The second-order valence-corrected chi connectivity index (χ2v) is 8.50.